The van der Waals surface area contributed by atoms with E-state index in [2.05, 4.69) is 39.0 Å². The van der Waals surface area contributed by atoms with Crippen LogP contribution in [0.15, 0.2) is 47.2 Å². The Hall–Kier alpha value is -3.56. The van der Waals surface area contributed by atoms with Crippen LogP contribution in [-0.4, -0.2) is 23.9 Å². The molecule has 1 aliphatic carbocycles. The summed E-state index contributed by atoms with van der Waals surface area (Å²) < 4.78 is 0. The van der Waals surface area contributed by atoms with Gasteiger partial charge < -0.3 is 10.6 Å². The summed E-state index contributed by atoms with van der Waals surface area (Å²) in [5.74, 6) is -1.05. The van der Waals surface area contributed by atoms with Gasteiger partial charge in [-0.15, -0.1) is 0 Å². The number of benzene rings is 1. The maximum absolute atomic E-state index is 12.1. The molecule has 1 heterocycles. The lowest BCUT2D eigenvalue weighted by atomic mass is 9.58. The highest BCUT2D eigenvalue weighted by Gasteiger charge is 2.54. The number of amides is 1. The van der Waals surface area contributed by atoms with Gasteiger partial charge in [0, 0.05) is 31.8 Å². The first-order valence-electron chi connectivity index (χ1n) is 9.90. The second-order valence-corrected chi connectivity index (χ2v) is 8.97. The summed E-state index contributed by atoms with van der Waals surface area (Å²) in [5, 5.41) is 30.0. The zero-order valence-corrected chi connectivity index (χ0v) is 17.7. The van der Waals surface area contributed by atoms with Gasteiger partial charge in [-0.1, -0.05) is 51.1 Å². The van der Waals surface area contributed by atoms with Crippen LogP contribution in [0.3, 0.4) is 0 Å². The molecule has 6 nitrogen and oxygen atoms in total. The molecule has 2 aliphatic rings. The highest BCUT2D eigenvalue weighted by atomic mass is 16.2. The molecule has 1 aliphatic heterocycles. The smallest absolute Gasteiger partial charge is 0.219 e. The first kappa shape index (κ1) is 21.2. The van der Waals surface area contributed by atoms with Gasteiger partial charge in [-0.05, 0) is 22.1 Å². The second-order valence-electron chi connectivity index (χ2n) is 8.97. The van der Waals surface area contributed by atoms with Crippen molar-refractivity contribution in [1.82, 2.24) is 4.90 Å². The van der Waals surface area contributed by atoms with Gasteiger partial charge in [0.25, 0.3) is 0 Å². The largest absolute Gasteiger partial charge is 0.399 e. The molecule has 0 aromatic heterocycles. The van der Waals surface area contributed by atoms with E-state index in [-0.39, 0.29) is 28.5 Å². The minimum absolute atomic E-state index is 0.00123. The molecule has 0 fully saturated rings. The Morgan fingerprint density at radius 2 is 1.77 bits per heavy atom. The molecular formula is C24H25N5O. The van der Waals surface area contributed by atoms with E-state index in [1.807, 2.05) is 30.3 Å². The summed E-state index contributed by atoms with van der Waals surface area (Å²) in [7, 11) is 0. The summed E-state index contributed by atoms with van der Waals surface area (Å²) in [6.07, 6.45) is 1.83. The summed E-state index contributed by atoms with van der Waals surface area (Å²) in [6, 6.07) is 14.2. The van der Waals surface area contributed by atoms with E-state index >= 15 is 0 Å². The van der Waals surface area contributed by atoms with Crippen molar-refractivity contribution >= 4 is 5.91 Å². The summed E-state index contributed by atoms with van der Waals surface area (Å²) in [4.78, 5) is 13.7. The van der Waals surface area contributed by atoms with Crippen molar-refractivity contribution in [2.24, 2.45) is 17.1 Å². The van der Waals surface area contributed by atoms with Crippen LogP contribution in [0.25, 0.3) is 0 Å². The molecule has 152 valence electrons. The van der Waals surface area contributed by atoms with Gasteiger partial charge in [0.2, 0.25) is 5.91 Å². The van der Waals surface area contributed by atoms with Crippen LogP contribution < -0.4 is 5.73 Å². The predicted octanol–water partition coefficient (Wildman–Crippen LogP) is 3.26. The Labute approximate surface area is 177 Å². The fourth-order valence-electron chi connectivity index (χ4n) is 4.50. The number of nitrogens with two attached hydrogens (primary N) is 1. The Balaban J connectivity index is 2.26. The number of allylic oxidation sites excluding steroid dienone is 2. The number of carbonyl (C=O) groups excluding carboxylic acids is 1. The molecule has 0 saturated heterocycles. The summed E-state index contributed by atoms with van der Waals surface area (Å²) in [5.41, 5.74) is 7.42. The summed E-state index contributed by atoms with van der Waals surface area (Å²) >= 11 is 0. The van der Waals surface area contributed by atoms with Crippen LogP contribution in [0.1, 0.15) is 44.7 Å². The number of nitriles is 3. The van der Waals surface area contributed by atoms with Gasteiger partial charge in [-0.3, -0.25) is 4.79 Å². The Kier molecular flexibility index (Phi) is 5.19. The van der Waals surface area contributed by atoms with Crippen molar-refractivity contribution < 1.29 is 4.79 Å². The van der Waals surface area contributed by atoms with Gasteiger partial charge in [0.15, 0.2) is 5.41 Å². The average molecular weight is 399 g/mol. The number of carbonyl (C=O) groups is 1. The van der Waals surface area contributed by atoms with E-state index in [4.69, 9.17) is 5.73 Å². The number of rotatable bonds is 1. The van der Waals surface area contributed by atoms with E-state index in [0.29, 0.717) is 13.1 Å². The maximum Gasteiger partial charge on any atom is 0.219 e. The number of hydrogen-bond donors (Lipinski definition) is 1. The lowest BCUT2D eigenvalue weighted by Gasteiger charge is -2.45. The SMILES string of the molecule is CC(=O)N1CC=C2C(C#N)=C(N)C(C#N)(C#N)[C@H](c3ccc(C(C)(C)C)cc3)[C@H]2C1. The normalized spacial score (nSPS) is 22.8. The molecule has 2 atom stereocenters. The van der Waals surface area contributed by atoms with E-state index in [1.54, 1.807) is 4.90 Å². The van der Waals surface area contributed by atoms with Crippen LogP contribution >= 0.6 is 0 Å². The van der Waals surface area contributed by atoms with Crippen molar-refractivity contribution in [2.45, 2.75) is 39.0 Å². The molecule has 1 amide bonds. The molecule has 6 heteroatoms. The second kappa shape index (κ2) is 7.36. The maximum atomic E-state index is 12.1. The monoisotopic (exact) mass is 399 g/mol. The lowest BCUT2D eigenvalue weighted by molar-refractivity contribution is -0.129. The number of fused-ring (bicyclic) bond motifs is 1. The zero-order chi connectivity index (χ0) is 22.3. The van der Waals surface area contributed by atoms with Crippen molar-refractivity contribution in [3.05, 3.63) is 58.3 Å². The van der Waals surface area contributed by atoms with Crippen molar-refractivity contribution in [1.29, 1.82) is 15.8 Å². The quantitative estimate of drug-likeness (QED) is 0.777. The molecule has 30 heavy (non-hydrogen) atoms. The molecule has 0 radical (unpaired) electrons. The molecule has 1 aromatic carbocycles. The van der Waals surface area contributed by atoms with E-state index in [9.17, 15) is 20.6 Å². The third-order valence-corrected chi connectivity index (χ3v) is 6.25. The van der Waals surface area contributed by atoms with Gasteiger partial charge in [-0.25, -0.2) is 0 Å². The Morgan fingerprint density at radius 1 is 1.17 bits per heavy atom. The van der Waals surface area contributed by atoms with Gasteiger partial charge in [0.1, 0.15) is 6.07 Å². The third-order valence-electron chi connectivity index (χ3n) is 6.25. The van der Waals surface area contributed by atoms with Crippen LogP contribution in [0.4, 0.5) is 0 Å². The molecule has 0 unspecified atom stereocenters. The zero-order valence-electron chi connectivity index (χ0n) is 17.7. The standard InChI is InChI=1S/C24H25N5O/c1-15(30)29-10-9-18-19(11-25)22(28)24(13-26,14-27)21(20(18)12-29)16-5-7-17(8-6-16)23(2,3)4/h5-9,20-21H,10,12,28H2,1-4H3/t20-,21+/m0/s1. The minimum atomic E-state index is -1.68. The first-order chi connectivity index (χ1) is 14.1. The number of nitrogens with zero attached hydrogens (tertiary/aromatic N) is 4. The van der Waals surface area contributed by atoms with Crippen molar-refractivity contribution in [3.63, 3.8) is 0 Å². The molecule has 2 N–H and O–H groups in total. The third kappa shape index (κ3) is 3.14. The lowest BCUT2D eigenvalue weighted by Crippen LogP contribution is -2.48. The highest BCUT2D eigenvalue weighted by molar-refractivity contribution is 5.74. The van der Waals surface area contributed by atoms with E-state index < -0.39 is 11.3 Å². The van der Waals surface area contributed by atoms with Gasteiger partial charge in [0.05, 0.1) is 23.4 Å². The van der Waals surface area contributed by atoms with E-state index in [1.165, 1.54) is 6.92 Å². The van der Waals surface area contributed by atoms with Crippen LogP contribution in [0.2, 0.25) is 0 Å². The molecule has 1 aromatic rings. The summed E-state index contributed by atoms with van der Waals surface area (Å²) in [6.45, 7) is 8.54. The van der Waals surface area contributed by atoms with Crippen molar-refractivity contribution in [2.75, 3.05) is 13.1 Å². The molecule has 0 bridgehead atoms. The van der Waals surface area contributed by atoms with Gasteiger partial charge in [-0.2, -0.15) is 15.8 Å². The minimum Gasteiger partial charge on any atom is -0.399 e. The molecule has 0 spiro atoms. The topological polar surface area (TPSA) is 118 Å². The average Bonchev–Trinajstić information content (AvgIpc) is 2.72. The van der Waals surface area contributed by atoms with Crippen LogP contribution in [0.5, 0.6) is 0 Å². The van der Waals surface area contributed by atoms with Crippen LogP contribution in [-0.2, 0) is 10.2 Å². The fraction of sp³-hybridized carbons (Fsp3) is 0.417. The van der Waals surface area contributed by atoms with Crippen molar-refractivity contribution in [3.8, 4) is 18.2 Å². The molecular weight excluding hydrogens is 374 g/mol. The highest BCUT2D eigenvalue weighted by Crippen LogP contribution is 2.54. The van der Waals surface area contributed by atoms with Gasteiger partial charge >= 0.3 is 0 Å². The van der Waals surface area contributed by atoms with Crippen LogP contribution in [0, 0.1) is 45.3 Å². The first-order valence-corrected chi connectivity index (χ1v) is 9.90. The molecule has 3 rings (SSSR count). The van der Waals surface area contributed by atoms with E-state index in [0.717, 1.165) is 16.7 Å². The Morgan fingerprint density at radius 3 is 2.23 bits per heavy atom. The molecule has 0 saturated carbocycles. The predicted molar refractivity (Wildman–Crippen MR) is 112 cm³/mol. The Bertz CT molecular complexity index is 1050. The number of hydrogen-bond acceptors (Lipinski definition) is 5. The fourth-order valence-corrected chi connectivity index (χ4v) is 4.50.